The average molecular weight is 311 g/mol. The summed E-state index contributed by atoms with van der Waals surface area (Å²) >= 11 is 5.22. The summed E-state index contributed by atoms with van der Waals surface area (Å²) < 4.78 is 0.998. The van der Waals surface area contributed by atoms with Crippen molar-refractivity contribution in [1.82, 2.24) is 0 Å². The van der Waals surface area contributed by atoms with Crippen LogP contribution >= 0.6 is 27.3 Å². The smallest absolute Gasteiger partial charge is 0.115 e. The molecule has 0 radical (unpaired) electrons. The molecule has 0 amide bonds. The predicted octanol–water partition coefficient (Wildman–Crippen LogP) is 4.52. The number of benzene rings is 1. The third-order valence-electron chi connectivity index (χ3n) is 2.84. The highest BCUT2D eigenvalue weighted by atomic mass is 79.9. The lowest BCUT2D eigenvalue weighted by Crippen LogP contribution is -2.00. The molecular formula is C14H15BrOS. The molecule has 0 saturated heterocycles. The Morgan fingerprint density at radius 3 is 2.47 bits per heavy atom. The molecule has 2 rings (SSSR count). The molecule has 0 aliphatic carbocycles. The lowest BCUT2D eigenvalue weighted by molar-refractivity contribution is 0.222. The van der Waals surface area contributed by atoms with Crippen LogP contribution in [0.25, 0.3) is 0 Å². The molecule has 1 aromatic carbocycles. The standard InChI is InChI=1S/C14H15BrOS/c1-8-5-4-6-11(12(8)15)13(16)14-9(2)7-10(3)17-14/h4-7,13,16H,1-3H3. The van der Waals surface area contributed by atoms with E-state index in [4.69, 9.17) is 0 Å². The zero-order valence-electron chi connectivity index (χ0n) is 10.1. The van der Waals surface area contributed by atoms with Crippen LogP contribution in [0.2, 0.25) is 0 Å². The second kappa shape index (κ2) is 4.92. The van der Waals surface area contributed by atoms with E-state index < -0.39 is 6.10 Å². The highest BCUT2D eigenvalue weighted by Crippen LogP contribution is 2.35. The highest BCUT2D eigenvalue weighted by Gasteiger charge is 2.18. The summed E-state index contributed by atoms with van der Waals surface area (Å²) in [5.41, 5.74) is 3.25. The van der Waals surface area contributed by atoms with E-state index in [-0.39, 0.29) is 0 Å². The maximum Gasteiger partial charge on any atom is 0.115 e. The van der Waals surface area contributed by atoms with E-state index in [9.17, 15) is 5.11 Å². The van der Waals surface area contributed by atoms with Gasteiger partial charge in [-0.15, -0.1) is 11.3 Å². The van der Waals surface area contributed by atoms with Crippen LogP contribution in [0.1, 0.15) is 32.5 Å². The Labute approximate surface area is 114 Å². The number of hydrogen-bond acceptors (Lipinski definition) is 2. The fraction of sp³-hybridized carbons (Fsp3) is 0.286. The second-order valence-electron chi connectivity index (χ2n) is 4.28. The molecule has 17 heavy (non-hydrogen) atoms. The summed E-state index contributed by atoms with van der Waals surface area (Å²) in [6.45, 7) is 6.15. The molecule has 1 N–H and O–H groups in total. The van der Waals surface area contributed by atoms with E-state index in [0.717, 1.165) is 26.0 Å². The van der Waals surface area contributed by atoms with Crippen molar-refractivity contribution in [3.05, 3.63) is 55.2 Å². The van der Waals surface area contributed by atoms with Crippen molar-refractivity contribution >= 4 is 27.3 Å². The first-order chi connectivity index (χ1) is 8.00. The number of rotatable bonds is 2. The SMILES string of the molecule is Cc1cc(C)c(C(O)c2cccc(C)c2Br)s1. The quantitative estimate of drug-likeness (QED) is 0.864. The fourth-order valence-corrected chi connectivity index (χ4v) is 3.48. The van der Waals surface area contributed by atoms with E-state index >= 15 is 0 Å². The first-order valence-electron chi connectivity index (χ1n) is 5.50. The second-order valence-corrected chi connectivity index (χ2v) is 6.37. The molecule has 1 unspecified atom stereocenters. The van der Waals surface area contributed by atoms with E-state index in [2.05, 4.69) is 28.9 Å². The normalized spacial score (nSPS) is 12.8. The molecule has 1 heterocycles. The maximum absolute atomic E-state index is 10.5. The number of thiophene rings is 1. The van der Waals surface area contributed by atoms with Gasteiger partial charge in [-0.1, -0.05) is 34.1 Å². The molecule has 0 fully saturated rings. The van der Waals surface area contributed by atoms with Gasteiger partial charge >= 0.3 is 0 Å². The summed E-state index contributed by atoms with van der Waals surface area (Å²) in [5.74, 6) is 0. The Hall–Kier alpha value is -0.640. The van der Waals surface area contributed by atoms with Crippen molar-refractivity contribution in [2.75, 3.05) is 0 Å². The largest absolute Gasteiger partial charge is 0.383 e. The third-order valence-corrected chi connectivity index (χ3v) is 5.13. The van der Waals surface area contributed by atoms with E-state index in [1.54, 1.807) is 11.3 Å². The summed E-state index contributed by atoms with van der Waals surface area (Å²) in [6.07, 6.45) is -0.539. The molecule has 0 saturated carbocycles. The van der Waals surface area contributed by atoms with Crippen molar-refractivity contribution < 1.29 is 5.11 Å². The average Bonchev–Trinajstić information content (AvgIpc) is 2.61. The van der Waals surface area contributed by atoms with Gasteiger partial charge < -0.3 is 5.11 Å². The zero-order chi connectivity index (χ0) is 12.6. The summed E-state index contributed by atoms with van der Waals surface area (Å²) in [5, 5.41) is 10.5. The number of aryl methyl sites for hydroxylation is 3. The van der Waals surface area contributed by atoms with Gasteiger partial charge in [0.05, 0.1) is 0 Å². The monoisotopic (exact) mass is 310 g/mol. The molecule has 0 aliphatic heterocycles. The predicted molar refractivity (Wildman–Crippen MR) is 76.7 cm³/mol. The molecule has 1 atom stereocenters. The fourth-order valence-electron chi connectivity index (χ4n) is 1.95. The first kappa shape index (κ1) is 12.8. The van der Waals surface area contributed by atoms with Crippen molar-refractivity contribution in [2.45, 2.75) is 26.9 Å². The van der Waals surface area contributed by atoms with Gasteiger partial charge in [0.1, 0.15) is 6.10 Å². The van der Waals surface area contributed by atoms with Crippen LogP contribution in [0, 0.1) is 20.8 Å². The van der Waals surface area contributed by atoms with Gasteiger partial charge in [0.25, 0.3) is 0 Å². The molecule has 2 aromatic rings. The van der Waals surface area contributed by atoms with Crippen molar-refractivity contribution in [2.24, 2.45) is 0 Å². The summed E-state index contributed by atoms with van der Waals surface area (Å²) in [7, 11) is 0. The van der Waals surface area contributed by atoms with Gasteiger partial charge in [-0.05, 0) is 38.0 Å². The van der Waals surface area contributed by atoms with Gasteiger partial charge in [-0.25, -0.2) is 0 Å². The Balaban J connectivity index is 2.47. The van der Waals surface area contributed by atoms with Crippen molar-refractivity contribution in [3.63, 3.8) is 0 Å². The third kappa shape index (κ3) is 2.46. The maximum atomic E-state index is 10.5. The molecule has 1 aromatic heterocycles. The highest BCUT2D eigenvalue weighted by molar-refractivity contribution is 9.10. The van der Waals surface area contributed by atoms with Gasteiger partial charge in [0.2, 0.25) is 0 Å². The number of aliphatic hydroxyl groups excluding tert-OH is 1. The van der Waals surface area contributed by atoms with Crippen LogP contribution in [0.4, 0.5) is 0 Å². The molecule has 90 valence electrons. The minimum atomic E-state index is -0.539. The lowest BCUT2D eigenvalue weighted by Gasteiger charge is -2.14. The molecule has 0 aliphatic rings. The number of aliphatic hydroxyl groups is 1. The van der Waals surface area contributed by atoms with Crippen LogP contribution in [0.15, 0.2) is 28.7 Å². The van der Waals surface area contributed by atoms with Gasteiger partial charge in [0.15, 0.2) is 0 Å². The van der Waals surface area contributed by atoms with Crippen molar-refractivity contribution in [1.29, 1.82) is 0 Å². The summed E-state index contributed by atoms with van der Waals surface area (Å²) in [6, 6.07) is 8.10. The Morgan fingerprint density at radius 2 is 1.88 bits per heavy atom. The number of hydrogen-bond donors (Lipinski definition) is 1. The lowest BCUT2D eigenvalue weighted by atomic mass is 10.0. The van der Waals surface area contributed by atoms with Crippen LogP contribution in [0.5, 0.6) is 0 Å². The van der Waals surface area contributed by atoms with Gasteiger partial charge in [-0.2, -0.15) is 0 Å². The molecule has 3 heteroatoms. The van der Waals surface area contributed by atoms with Crippen LogP contribution in [-0.2, 0) is 0 Å². The van der Waals surface area contributed by atoms with Crippen LogP contribution in [0.3, 0.4) is 0 Å². The zero-order valence-corrected chi connectivity index (χ0v) is 12.5. The molecule has 0 spiro atoms. The molecular weight excluding hydrogens is 296 g/mol. The summed E-state index contributed by atoms with van der Waals surface area (Å²) in [4.78, 5) is 2.27. The Bertz CT molecular complexity index is 545. The number of halogens is 1. The molecule has 1 nitrogen and oxygen atoms in total. The Morgan fingerprint density at radius 1 is 1.18 bits per heavy atom. The van der Waals surface area contributed by atoms with Crippen LogP contribution < -0.4 is 0 Å². The molecule has 0 bridgehead atoms. The van der Waals surface area contributed by atoms with Crippen molar-refractivity contribution in [3.8, 4) is 0 Å². The van der Waals surface area contributed by atoms with E-state index in [1.165, 1.54) is 4.88 Å². The minimum Gasteiger partial charge on any atom is -0.383 e. The van der Waals surface area contributed by atoms with Gasteiger partial charge in [-0.3, -0.25) is 0 Å². The topological polar surface area (TPSA) is 20.2 Å². The minimum absolute atomic E-state index is 0.539. The Kier molecular flexibility index (Phi) is 3.71. The van der Waals surface area contributed by atoms with Crippen LogP contribution in [-0.4, -0.2) is 5.11 Å². The van der Waals surface area contributed by atoms with Gasteiger partial charge in [0, 0.05) is 19.8 Å². The van der Waals surface area contributed by atoms with E-state index in [1.807, 2.05) is 32.0 Å². The van der Waals surface area contributed by atoms with E-state index in [0.29, 0.717) is 0 Å². The first-order valence-corrected chi connectivity index (χ1v) is 7.11.